The van der Waals surface area contributed by atoms with E-state index >= 15 is 0 Å². The number of hydrogen-bond acceptors (Lipinski definition) is 6. The van der Waals surface area contributed by atoms with E-state index in [0.717, 1.165) is 24.3 Å². The van der Waals surface area contributed by atoms with E-state index in [-0.39, 0.29) is 21.8 Å². The molecule has 2 rings (SSSR count). The molecule has 0 unspecified atom stereocenters. The zero-order valence-electron chi connectivity index (χ0n) is 13.4. The molecule has 0 aliphatic carbocycles. The molecule has 0 aromatic heterocycles. The largest absolute Gasteiger partial charge is 0.452 e. The predicted octanol–water partition coefficient (Wildman–Crippen LogP) is 2.01. The van der Waals surface area contributed by atoms with Gasteiger partial charge in [-0.3, -0.25) is 30.6 Å². The maximum absolute atomic E-state index is 13.4. The van der Waals surface area contributed by atoms with Crippen LogP contribution in [0, 0.1) is 15.9 Å². The van der Waals surface area contributed by atoms with Crippen molar-refractivity contribution in [2.75, 3.05) is 6.61 Å². The number of nitrogens with one attached hydrogen (secondary N) is 2. The lowest BCUT2D eigenvalue weighted by Crippen LogP contribution is -2.43. The Labute approximate surface area is 156 Å². The van der Waals surface area contributed by atoms with Gasteiger partial charge in [0.25, 0.3) is 17.5 Å². The third-order valence-electron chi connectivity index (χ3n) is 3.15. The van der Waals surface area contributed by atoms with Gasteiger partial charge in [-0.2, -0.15) is 0 Å². The Hall–Kier alpha value is -3.53. The Balaban J connectivity index is 1.89. The molecule has 9 nitrogen and oxygen atoms in total. The summed E-state index contributed by atoms with van der Waals surface area (Å²) in [4.78, 5) is 45.2. The van der Waals surface area contributed by atoms with Gasteiger partial charge < -0.3 is 4.74 Å². The summed E-state index contributed by atoms with van der Waals surface area (Å²) in [6, 6.07) is 8.26. The van der Waals surface area contributed by atoms with E-state index in [9.17, 15) is 28.9 Å². The number of esters is 1. The maximum Gasteiger partial charge on any atom is 0.340 e. The molecular weight excluding hydrogens is 385 g/mol. The number of carbonyl (C=O) groups excluding carboxylic acids is 3. The van der Waals surface area contributed by atoms with Crippen molar-refractivity contribution >= 4 is 35.1 Å². The van der Waals surface area contributed by atoms with E-state index in [2.05, 4.69) is 4.74 Å². The predicted molar refractivity (Wildman–Crippen MR) is 90.4 cm³/mol. The fourth-order valence-electron chi connectivity index (χ4n) is 1.87. The lowest BCUT2D eigenvalue weighted by Gasteiger charge is -2.09. The number of amides is 2. The summed E-state index contributed by atoms with van der Waals surface area (Å²) < 4.78 is 18.1. The van der Waals surface area contributed by atoms with Crippen LogP contribution in [0.4, 0.5) is 10.1 Å². The zero-order chi connectivity index (χ0) is 20.0. The van der Waals surface area contributed by atoms with Crippen molar-refractivity contribution in [3.05, 3.63) is 74.5 Å². The van der Waals surface area contributed by atoms with Crippen molar-refractivity contribution in [1.29, 1.82) is 0 Å². The highest BCUT2D eigenvalue weighted by atomic mass is 35.5. The molecule has 0 aliphatic heterocycles. The van der Waals surface area contributed by atoms with Crippen LogP contribution in [0.3, 0.4) is 0 Å². The number of nitro benzene ring substituents is 1. The Morgan fingerprint density at radius 1 is 1.11 bits per heavy atom. The van der Waals surface area contributed by atoms with Crippen LogP contribution in [-0.4, -0.2) is 29.3 Å². The van der Waals surface area contributed by atoms with Gasteiger partial charge in [0.1, 0.15) is 5.82 Å². The first-order valence-electron chi connectivity index (χ1n) is 7.24. The molecule has 0 saturated heterocycles. The van der Waals surface area contributed by atoms with Gasteiger partial charge in [0.05, 0.1) is 21.1 Å². The monoisotopic (exact) mass is 395 g/mol. The molecule has 0 radical (unpaired) electrons. The molecule has 0 spiro atoms. The second-order valence-electron chi connectivity index (χ2n) is 4.98. The molecule has 0 aliphatic rings. The van der Waals surface area contributed by atoms with E-state index in [1.807, 2.05) is 10.9 Å². The molecule has 2 N–H and O–H groups in total. The number of benzene rings is 2. The van der Waals surface area contributed by atoms with Crippen molar-refractivity contribution in [3.8, 4) is 0 Å². The van der Waals surface area contributed by atoms with Crippen LogP contribution in [0.1, 0.15) is 20.7 Å². The van der Waals surface area contributed by atoms with Crippen LogP contribution < -0.4 is 10.9 Å². The minimum absolute atomic E-state index is 0.0983. The van der Waals surface area contributed by atoms with Crippen LogP contribution in [0.15, 0.2) is 42.5 Å². The smallest absolute Gasteiger partial charge is 0.340 e. The Morgan fingerprint density at radius 3 is 2.48 bits per heavy atom. The van der Waals surface area contributed by atoms with Gasteiger partial charge >= 0.3 is 5.97 Å². The highest BCUT2D eigenvalue weighted by Crippen LogP contribution is 2.22. The molecule has 0 heterocycles. The van der Waals surface area contributed by atoms with Crippen LogP contribution >= 0.6 is 11.6 Å². The SMILES string of the molecule is O=C(COC(=O)c1cc([N+](=O)[O-])ccc1Cl)NNC(=O)c1ccccc1F. The summed E-state index contributed by atoms with van der Waals surface area (Å²) in [5.41, 5.74) is 2.92. The van der Waals surface area contributed by atoms with Crippen LogP contribution in [0.2, 0.25) is 5.02 Å². The van der Waals surface area contributed by atoms with E-state index in [1.54, 1.807) is 0 Å². The molecule has 11 heteroatoms. The minimum Gasteiger partial charge on any atom is -0.452 e. The first-order valence-corrected chi connectivity index (χ1v) is 7.62. The third-order valence-corrected chi connectivity index (χ3v) is 3.48. The molecule has 0 fully saturated rings. The van der Waals surface area contributed by atoms with Crippen molar-refractivity contribution in [2.45, 2.75) is 0 Å². The highest BCUT2D eigenvalue weighted by Gasteiger charge is 2.18. The van der Waals surface area contributed by atoms with Gasteiger partial charge in [0, 0.05) is 12.1 Å². The van der Waals surface area contributed by atoms with Crippen LogP contribution in [0.25, 0.3) is 0 Å². The highest BCUT2D eigenvalue weighted by molar-refractivity contribution is 6.33. The minimum atomic E-state index is -1.07. The van der Waals surface area contributed by atoms with Gasteiger partial charge in [-0.05, 0) is 18.2 Å². The summed E-state index contributed by atoms with van der Waals surface area (Å²) in [7, 11) is 0. The number of halogens is 2. The number of carbonyl (C=O) groups is 3. The maximum atomic E-state index is 13.4. The Bertz CT molecular complexity index is 921. The van der Waals surface area contributed by atoms with Crippen molar-refractivity contribution in [2.24, 2.45) is 0 Å². The Kier molecular flexibility index (Phi) is 6.39. The lowest BCUT2D eigenvalue weighted by molar-refractivity contribution is -0.384. The average Bonchev–Trinajstić information content (AvgIpc) is 2.64. The third kappa shape index (κ3) is 5.22. The summed E-state index contributed by atoms with van der Waals surface area (Å²) in [6.07, 6.45) is 0. The van der Waals surface area contributed by atoms with E-state index < -0.39 is 35.1 Å². The van der Waals surface area contributed by atoms with Gasteiger partial charge in [0.15, 0.2) is 6.61 Å². The molecule has 140 valence electrons. The fraction of sp³-hybridized carbons (Fsp3) is 0.0625. The molecule has 27 heavy (non-hydrogen) atoms. The number of hydrazine groups is 1. The molecule has 2 aromatic carbocycles. The number of rotatable bonds is 5. The second-order valence-corrected chi connectivity index (χ2v) is 5.39. The first kappa shape index (κ1) is 19.8. The van der Waals surface area contributed by atoms with Crippen molar-refractivity contribution < 1.29 is 28.4 Å². The fourth-order valence-corrected chi connectivity index (χ4v) is 2.06. The summed E-state index contributed by atoms with van der Waals surface area (Å²) >= 11 is 5.78. The van der Waals surface area contributed by atoms with E-state index in [4.69, 9.17) is 11.6 Å². The number of non-ortho nitro benzene ring substituents is 1. The number of ether oxygens (including phenoxy) is 1. The number of nitrogens with zero attached hydrogens (tertiary/aromatic N) is 1. The normalized spacial score (nSPS) is 10.0. The summed E-state index contributed by atoms with van der Waals surface area (Å²) in [6.45, 7) is -0.810. The van der Waals surface area contributed by atoms with Crippen LogP contribution in [-0.2, 0) is 9.53 Å². The van der Waals surface area contributed by atoms with Crippen molar-refractivity contribution in [1.82, 2.24) is 10.9 Å². The summed E-state index contributed by atoms with van der Waals surface area (Å²) in [5.74, 6) is -3.68. The second kappa shape index (κ2) is 8.72. The van der Waals surface area contributed by atoms with Gasteiger partial charge in [-0.25, -0.2) is 9.18 Å². The molecular formula is C16H11ClFN3O6. The molecule has 0 saturated carbocycles. The Morgan fingerprint density at radius 2 is 1.81 bits per heavy atom. The molecule has 2 amide bonds. The van der Waals surface area contributed by atoms with Gasteiger partial charge in [-0.15, -0.1) is 0 Å². The number of nitro groups is 1. The molecule has 2 aromatic rings. The average molecular weight is 396 g/mol. The quantitative estimate of drug-likeness (QED) is 0.453. The molecule has 0 atom stereocenters. The topological polar surface area (TPSA) is 128 Å². The van der Waals surface area contributed by atoms with E-state index in [1.165, 1.54) is 18.2 Å². The zero-order valence-corrected chi connectivity index (χ0v) is 14.2. The van der Waals surface area contributed by atoms with Crippen LogP contribution in [0.5, 0.6) is 0 Å². The van der Waals surface area contributed by atoms with Gasteiger partial charge in [0.2, 0.25) is 0 Å². The van der Waals surface area contributed by atoms with Crippen molar-refractivity contribution in [3.63, 3.8) is 0 Å². The molecule has 0 bridgehead atoms. The first-order chi connectivity index (χ1) is 12.8. The summed E-state index contributed by atoms with van der Waals surface area (Å²) in [5, 5.41) is 10.6. The van der Waals surface area contributed by atoms with E-state index in [0.29, 0.717) is 0 Å². The standard InChI is InChI=1S/C16H11ClFN3O6/c17-12-6-5-9(21(25)26)7-11(12)16(24)27-8-14(22)19-20-15(23)10-3-1-2-4-13(10)18/h1-7H,8H2,(H,19,22)(H,20,23). The number of hydrogen-bond donors (Lipinski definition) is 2. The lowest BCUT2D eigenvalue weighted by atomic mass is 10.2. The van der Waals surface area contributed by atoms with Gasteiger partial charge in [-0.1, -0.05) is 23.7 Å².